The van der Waals surface area contributed by atoms with Crippen molar-refractivity contribution >= 4 is 35.4 Å². The first-order chi connectivity index (χ1) is 10.4. The molecule has 0 N–H and O–H groups in total. The number of ketones is 2. The van der Waals surface area contributed by atoms with Crippen molar-refractivity contribution in [2.45, 2.75) is 44.9 Å². The molecule has 2 rings (SSSR count). The molecule has 0 aromatic heterocycles. The van der Waals surface area contributed by atoms with Gasteiger partial charge in [-0.1, -0.05) is 0 Å². The number of carbonyl (C=O) groups excluding carboxylic acids is 6. The SMILES string of the molecule is O=C1CCCC2(C(=O)CCC2=O)C(=O)OC(=O)CCC(=O)O1. The van der Waals surface area contributed by atoms with E-state index in [1.165, 1.54) is 0 Å². The molecule has 1 aliphatic carbocycles. The van der Waals surface area contributed by atoms with E-state index in [9.17, 15) is 28.8 Å². The first-order valence-electron chi connectivity index (χ1n) is 6.91. The Morgan fingerprint density at radius 1 is 0.636 bits per heavy atom. The number of esters is 4. The van der Waals surface area contributed by atoms with Crippen molar-refractivity contribution in [1.82, 2.24) is 0 Å². The van der Waals surface area contributed by atoms with Gasteiger partial charge in [-0.15, -0.1) is 0 Å². The van der Waals surface area contributed by atoms with E-state index in [0.29, 0.717) is 0 Å². The zero-order chi connectivity index (χ0) is 16.3. The Hall–Kier alpha value is -2.38. The van der Waals surface area contributed by atoms with Crippen molar-refractivity contribution in [3.05, 3.63) is 0 Å². The van der Waals surface area contributed by atoms with Gasteiger partial charge < -0.3 is 9.47 Å². The third kappa shape index (κ3) is 2.95. The van der Waals surface area contributed by atoms with Gasteiger partial charge in [0.15, 0.2) is 17.0 Å². The fourth-order valence-electron chi connectivity index (χ4n) is 2.59. The molecule has 0 bridgehead atoms. The maximum absolute atomic E-state index is 12.2. The molecular formula is C14H14O8. The van der Waals surface area contributed by atoms with Crippen molar-refractivity contribution < 1.29 is 38.2 Å². The number of hydrogen-bond donors (Lipinski definition) is 0. The molecule has 118 valence electrons. The molecular weight excluding hydrogens is 296 g/mol. The third-order valence-electron chi connectivity index (χ3n) is 3.78. The highest BCUT2D eigenvalue weighted by atomic mass is 16.6. The molecule has 0 aromatic carbocycles. The van der Waals surface area contributed by atoms with Crippen LogP contribution in [0.1, 0.15) is 44.9 Å². The lowest BCUT2D eigenvalue weighted by Gasteiger charge is -2.23. The fraction of sp³-hybridized carbons (Fsp3) is 0.571. The van der Waals surface area contributed by atoms with Gasteiger partial charge in [0.1, 0.15) is 0 Å². The normalized spacial score (nSPS) is 23.8. The highest BCUT2D eigenvalue weighted by Crippen LogP contribution is 2.38. The Balaban J connectivity index is 2.27. The maximum Gasteiger partial charge on any atom is 0.334 e. The van der Waals surface area contributed by atoms with E-state index in [0.717, 1.165) is 0 Å². The van der Waals surface area contributed by atoms with Gasteiger partial charge in [0, 0.05) is 19.3 Å². The zero-order valence-corrected chi connectivity index (χ0v) is 11.7. The van der Waals surface area contributed by atoms with Crippen LogP contribution in [-0.4, -0.2) is 35.4 Å². The predicted molar refractivity (Wildman–Crippen MR) is 67.0 cm³/mol. The molecule has 2 fully saturated rings. The van der Waals surface area contributed by atoms with Gasteiger partial charge in [0.05, 0.1) is 12.8 Å². The molecule has 2 aliphatic rings. The number of carbonyl (C=O) groups is 6. The lowest BCUT2D eigenvalue weighted by Crippen LogP contribution is -2.43. The number of rotatable bonds is 0. The van der Waals surface area contributed by atoms with Crippen LogP contribution < -0.4 is 0 Å². The summed E-state index contributed by atoms with van der Waals surface area (Å²) in [6.07, 6.45) is -1.54. The summed E-state index contributed by atoms with van der Waals surface area (Å²) in [5.41, 5.74) is -2.00. The Morgan fingerprint density at radius 2 is 1.14 bits per heavy atom. The van der Waals surface area contributed by atoms with Crippen molar-refractivity contribution in [3.8, 4) is 0 Å². The Morgan fingerprint density at radius 3 is 1.73 bits per heavy atom. The quantitative estimate of drug-likeness (QED) is 0.453. The Labute approximate surface area is 125 Å². The molecule has 0 unspecified atom stereocenters. The molecule has 0 radical (unpaired) electrons. The molecule has 1 spiro atoms. The van der Waals surface area contributed by atoms with Gasteiger partial charge in [0.2, 0.25) is 0 Å². The smallest absolute Gasteiger partial charge is 0.334 e. The van der Waals surface area contributed by atoms with Crippen molar-refractivity contribution in [1.29, 1.82) is 0 Å². The minimum atomic E-state index is -2.00. The van der Waals surface area contributed by atoms with E-state index in [1.807, 2.05) is 0 Å². The molecule has 1 aliphatic heterocycles. The van der Waals surface area contributed by atoms with Gasteiger partial charge in [0.25, 0.3) is 0 Å². The molecule has 22 heavy (non-hydrogen) atoms. The second-order valence-electron chi connectivity index (χ2n) is 5.21. The molecule has 8 heteroatoms. The summed E-state index contributed by atoms with van der Waals surface area (Å²) in [6, 6.07) is 0. The number of Topliss-reactive ketones (excluding diaryl/α,β-unsaturated/α-hetero) is 2. The lowest BCUT2D eigenvalue weighted by atomic mass is 9.79. The van der Waals surface area contributed by atoms with Crippen molar-refractivity contribution in [2.75, 3.05) is 0 Å². The van der Waals surface area contributed by atoms with E-state index in [2.05, 4.69) is 9.47 Å². The van der Waals surface area contributed by atoms with Crippen LogP contribution in [0.5, 0.6) is 0 Å². The summed E-state index contributed by atoms with van der Waals surface area (Å²) >= 11 is 0. The van der Waals surface area contributed by atoms with Crippen molar-refractivity contribution in [3.63, 3.8) is 0 Å². The lowest BCUT2D eigenvalue weighted by molar-refractivity contribution is -0.173. The molecule has 8 nitrogen and oxygen atoms in total. The average molecular weight is 310 g/mol. The molecule has 1 saturated heterocycles. The summed E-state index contributed by atoms with van der Waals surface area (Å²) in [4.78, 5) is 70.4. The third-order valence-corrected chi connectivity index (χ3v) is 3.78. The minimum absolute atomic E-state index is 0.00706. The molecule has 1 heterocycles. The van der Waals surface area contributed by atoms with Crippen LogP contribution >= 0.6 is 0 Å². The zero-order valence-electron chi connectivity index (χ0n) is 11.7. The van der Waals surface area contributed by atoms with Crippen molar-refractivity contribution in [2.24, 2.45) is 5.41 Å². The standard InChI is InChI=1S/C14H14O8/c15-8-3-4-9(16)14(8)7-1-2-10(17)21-11(18)5-6-12(19)22-13(14)20/h1-7H2. The summed E-state index contributed by atoms with van der Waals surface area (Å²) in [5.74, 6) is -5.15. The van der Waals surface area contributed by atoms with E-state index < -0.39 is 53.7 Å². The Kier molecular flexibility index (Phi) is 4.48. The summed E-state index contributed by atoms with van der Waals surface area (Å²) < 4.78 is 9.03. The second-order valence-corrected chi connectivity index (χ2v) is 5.21. The second kappa shape index (κ2) is 6.17. The van der Waals surface area contributed by atoms with Gasteiger partial charge in [-0.3, -0.25) is 24.0 Å². The van der Waals surface area contributed by atoms with Crippen LogP contribution in [0.2, 0.25) is 0 Å². The highest BCUT2D eigenvalue weighted by molar-refractivity contribution is 6.27. The van der Waals surface area contributed by atoms with Crippen LogP contribution in [-0.2, 0) is 38.2 Å². The maximum atomic E-state index is 12.2. The highest BCUT2D eigenvalue weighted by Gasteiger charge is 2.56. The van der Waals surface area contributed by atoms with E-state index in [1.54, 1.807) is 0 Å². The summed E-state index contributed by atoms with van der Waals surface area (Å²) in [6.45, 7) is 0. The van der Waals surface area contributed by atoms with Gasteiger partial charge in [-0.2, -0.15) is 0 Å². The van der Waals surface area contributed by atoms with Gasteiger partial charge >= 0.3 is 23.9 Å². The van der Waals surface area contributed by atoms with Crippen LogP contribution in [0.15, 0.2) is 0 Å². The van der Waals surface area contributed by atoms with Crippen LogP contribution in [0.25, 0.3) is 0 Å². The van der Waals surface area contributed by atoms with E-state index in [4.69, 9.17) is 0 Å². The fourth-order valence-corrected chi connectivity index (χ4v) is 2.59. The van der Waals surface area contributed by atoms with Crippen LogP contribution in [0.3, 0.4) is 0 Å². The number of hydrogen-bond acceptors (Lipinski definition) is 8. The summed E-state index contributed by atoms with van der Waals surface area (Å²) in [5, 5.41) is 0. The molecule has 1 saturated carbocycles. The van der Waals surface area contributed by atoms with E-state index in [-0.39, 0.29) is 32.1 Å². The van der Waals surface area contributed by atoms with Crippen LogP contribution in [0.4, 0.5) is 0 Å². The monoisotopic (exact) mass is 310 g/mol. The predicted octanol–water partition coefficient (Wildman–Crippen LogP) is 0.00850. The largest absolute Gasteiger partial charge is 0.393 e. The molecule has 0 atom stereocenters. The minimum Gasteiger partial charge on any atom is -0.393 e. The topological polar surface area (TPSA) is 121 Å². The molecule has 0 amide bonds. The van der Waals surface area contributed by atoms with Crippen LogP contribution in [0, 0.1) is 5.41 Å². The van der Waals surface area contributed by atoms with E-state index >= 15 is 0 Å². The first kappa shape index (κ1) is 16.0. The first-order valence-corrected chi connectivity index (χ1v) is 6.91. The number of ether oxygens (including phenoxy) is 2. The molecule has 0 aromatic rings. The van der Waals surface area contributed by atoms with Gasteiger partial charge in [-0.05, 0) is 12.8 Å². The Bertz CT molecular complexity index is 557. The van der Waals surface area contributed by atoms with Gasteiger partial charge in [-0.25, -0.2) is 4.79 Å². The summed E-state index contributed by atoms with van der Waals surface area (Å²) in [7, 11) is 0. The number of cyclic esters (lactones) is 4. The average Bonchev–Trinajstić information content (AvgIpc) is 2.73.